The highest BCUT2D eigenvalue weighted by Gasteiger charge is 2.25. The van der Waals surface area contributed by atoms with E-state index in [1.807, 2.05) is 12.1 Å². The fourth-order valence-electron chi connectivity index (χ4n) is 2.38. The second-order valence-electron chi connectivity index (χ2n) is 4.93. The first-order valence-electron chi connectivity index (χ1n) is 6.43. The van der Waals surface area contributed by atoms with Crippen LogP contribution in [0.2, 0.25) is 0 Å². The van der Waals surface area contributed by atoms with E-state index in [0.29, 0.717) is 23.7 Å². The molecule has 1 aliphatic carbocycles. The van der Waals surface area contributed by atoms with E-state index >= 15 is 0 Å². The third-order valence-corrected chi connectivity index (χ3v) is 3.99. The van der Waals surface area contributed by atoms with Gasteiger partial charge in [-0.1, -0.05) is 5.16 Å². The molecule has 0 spiro atoms. The van der Waals surface area contributed by atoms with Crippen molar-refractivity contribution in [3.8, 4) is 11.5 Å². The molecule has 2 aromatic rings. The maximum atomic E-state index is 5.90. The van der Waals surface area contributed by atoms with E-state index in [1.54, 1.807) is 6.20 Å². The van der Waals surface area contributed by atoms with Crippen molar-refractivity contribution in [1.29, 1.82) is 0 Å². The van der Waals surface area contributed by atoms with Crippen LogP contribution in [0.4, 0.5) is 0 Å². The van der Waals surface area contributed by atoms with Gasteiger partial charge in [-0.2, -0.15) is 4.98 Å². The molecule has 5 nitrogen and oxygen atoms in total. The van der Waals surface area contributed by atoms with Gasteiger partial charge in [-0.15, -0.1) is 0 Å². The number of nitrogens with two attached hydrogens (primary N) is 1. The Labute approximate surface area is 119 Å². The number of rotatable bonds is 2. The largest absolute Gasteiger partial charge is 0.339 e. The lowest BCUT2D eigenvalue weighted by atomic mass is 9.86. The van der Waals surface area contributed by atoms with E-state index in [-0.39, 0.29) is 0 Å². The molecule has 0 aliphatic heterocycles. The average molecular weight is 323 g/mol. The Hall–Kier alpha value is -1.27. The summed E-state index contributed by atoms with van der Waals surface area (Å²) in [6, 6.07) is 4.11. The highest BCUT2D eigenvalue weighted by Crippen LogP contribution is 2.32. The van der Waals surface area contributed by atoms with Gasteiger partial charge in [-0.3, -0.25) is 4.98 Å². The number of nitrogens with zero attached hydrogens (tertiary/aromatic N) is 3. The fraction of sp³-hybridized carbons (Fsp3) is 0.462. The summed E-state index contributed by atoms with van der Waals surface area (Å²) >= 11 is 3.35. The zero-order chi connectivity index (χ0) is 13.2. The highest BCUT2D eigenvalue weighted by molar-refractivity contribution is 9.10. The molecule has 0 radical (unpaired) electrons. The molecule has 2 aromatic heterocycles. The van der Waals surface area contributed by atoms with Crippen LogP contribution in [0, 0.1) is 0 Å². The monoisotopic (exact) mass is 322 g/mol. The first kappa shape index (κ1) is 12.7. The van der Waals surface area contributed by atoms with Gasteiger partial charge in [0.1, 0.15) is 5.69 Å². The fourth-order valence-corrected chi connectivity index (χ4v) is 2.61. The van der Waals surface area contributed by atoms with Gasteiger partial charge in [0.05, 0.1) is 0 Å². The lowest BCUT2D eigenvalue weighted by Gasteiger charge is -2.22. The van der Waals surface area contributed by atoms with Crippen molar-refractivity contribution >= 4 is 15.9 Å². The number of aromatic nitrogens is 3. The maximum absolute atomic E-state index is 5.90. The van der Waals surface area contributed by atoms with E-state index < -0.39 is 0 Å². The molecule has 1 fully saturated rings. The molecule has 0 amide bonds. The Balaban J connectivity index is 1.77. The quantitative estimate of drug-likeness (QED) is 0.919. The molecular formula is C13H15BrN4O. The van der Waals surface area contributed by atoms with Crippen LogP contribution < -0.4 is 5.73 Å². The van der Waals surface area contributed by atoms with Crippen molar-refractivity contribution in [3.05, 3.63) is 28.7 Å². The van der Waals surface area contributed by atoms with Gasteiger partial charge in [0.15, 0.2) is 0 Å². The molecule has 6 heteroatoms. The Kier molecular flexibility index (Phi) is 3.61. The minimum atomic E-state index is 0.326. The first-order chi connectivity index (χ1) is 9.22. The van der Waals surface area contributed by atoms with E-state index in [9.17, 15) is 0 Å². The van der Waals surface area contributed by atoms with E-state index in [0.717, 1.165) is 35.8 Å². The Morgan fingerprint density at radius 2 is 2.00 bits per heavy atom. The first-order valence-corrected chi connectivity index (χ1v) is 7.23. The van der Waals surface area contributed by atoms with Crippen LogP contribution in [-0.4, -0.2) is 21.2 Å². The van der Waals surface area contributed by atoms with Crippen LogP contribution in [0.25, 0.3) is 11.5 Å². The SMILES string of the molecule is NC1CCC(c2nc(-c3ccc(Br)cn3)no2)CC1. The van der Waals surface area contributed by atoms with Crippen molar-refractivity contribution in [2.24, 2.45) is 5.73 Å². The zero-order valence-electron chi connectivity index (χ0n) is 10.4. The van der Waals surface area contributed by atoms with E-state index in [2.05, 4.69) is 31.1 Å². The van der Waals surface area contributed by atoms with Gasteiger partial charge in [0.25, 0.3) is 0 Å². The Morgan fingerprint density at radius 3 is 2.68 bits per heavy atom. The van der Waals surface area contributed by atoms with E-state index in [4.69, 9.17) is 10.3 Å². The van der Waals surface area contributed by atoms with Crippen LogP contribution in [0.1, 0.15) is 37.5 Å². The van der Waals surface area contributed by atoms with Crippen LogP contribution in [-0.2, 0) is 0 Å². The predicted octanol–water partition coefficient (Wildman–Crippen LogP) is 2.88. The summed E-state index contributed by atoms with van der Waals surface area (Å²) in [6.45, 7) is 0. The van der Waals surface area contributed by atoms with Crippen LogP contribution >= 0.6 is 15.9 Å². The molecule has 2 N–H and O–H groups in total. The van der Waals surface area contributed by atoms with Gasteiger partial charge >= 0.3 is 0 Å². The zero-order valence-corrected chi connectivity index (χ0v) is 12.0. The normalized spacial score (nSPS) is 23.5. The lowest BCUT2D eigenvalue weighted by molar-refractivity contribution is 0.301. The van der Waals surface area contributed by atoms with Gasteiger partial charge in [-0.25, -0.2) is 0 Å². The minimum absolute atomic E-state index is 0.326. The van der Waals surface area contributed by atoms with Gasteiger partial charge in [0, 0.05) is 22.6 Å². The molecule has 0 bridgehead atoms. The molecule has 100 valence electrons. The molecular weight excluding hydrogens is 308 g/mol. The van der Waals surface area contributed by atoms with Crippen molar-refractivity contribution < 1.29 is 4.52 Å². The van der Waals surface area contributed by atoms with Crippen molar-refractivity contribution in [2.45, 2.75) is 37.6 Å². The summed E-state index contributed by atoms with van der Waals surface area (Å²) in [5, 5.41) is 4.02. The molecule has 0 unspecified atom stereocenters. The summed E-state index contributed by atoms with van der Waals surface area (Å²) in [6.07, 6.45) is 5.83. The van der Waals surface area contributed by atoms with Crippen molar-refractivity contribution in [2.75, 3.05) is 0 Å². The van der Waals surface area contributed by atoms with Gasteiger partial charge in [0.2, 0.25) is 11.7 Å². The number of hydrogen-bond acceptors (Lipinski definition) is 5. The average Bonchev–Trinajstić information content (AvgIpc) is 2.90. The molecule has 0 aromatic carbocycles. The maximum Gasteiger partial charge on any atom is 0.230 e. The predicted molar refractivity (Wildman–Crippen MR) is 74.4 cm³/mol. The van der Waals surface area contributed by atoms with Crippen LogP contribution in [0.5, 0.6) is 0 Å². The molecule has 0 saturated heterocycles. The molecule has 2 heterocycles. The second-order valence-corrected chi connectivity index (χ2v) is 5.85. The smallest absolute Gasteiger partial charge is 0.230 e. The second kappa shape index (κ2) is 5.38. The topological polar surface area (TPSA) is 77.8 Å². The summed E-state index contributed by atoms with van der Waals surface area (Å²) in [4.78, 5) is 8.73. The van der Waals surface area contributed by atoms with Gasteiger partial charge in [-0.05, 0) is 53.7 Å². The Bertz CT molecular complexity index is 546. The van der Waals surface area contributed by atoms with E-state index in [1.165, 1.54) is 0 Å². The van der Waals surface area contributed by atoms with Gasteiger partial charge < -0.3 is 10.3 Å². The highest BCUT2D eigenvalue weighted by atomic mass is 79.9. The summed E-state index contributed by atoms with van der Waals surface area (Å²) < 4.78 is 6.30. The summed E-state index contributed by atoms with van der Waals surface area (Å²) in [7, 11) is 0. The molecule has 1 saturated carbocycles. The molecule has 19 heavy (non-hydrogen) atoms. The molecule has 0 atom stereocenters. The third-order valence-electron chi connectivity index (χ3n) is 3.52. The Morgan fingerprint density at radius 1 is 1.21 bits per heavy atom. The summed E-state index contributed by atoms with van der Waals surface area (Å²) in [5.41, 5.74) is 6.63. The van der Waals surface area contributed by atoms with Crippen LogP contribution in [0.3, 0.4) is 0 Å². The molecule has 1 aliphatic rings. The van der Waals surface area contributed by atoms with Crippen LogP contribution in [0.15, 0.2) is 27.3 Å². The number of halogens is 1. The minimum Gasteiger partial charge on any atom is -0.339 e. The molecule has 3 rings (SSSR count). The lowest BCUT2D eigenvalue weighted by Crippen LogP contribution is -2.25. The summed E-state index contributed by atoms with van der Waals surface area (Å²) in [5.74, 6) is 1.61. The number of pyridine rings is 1. The number of hydrogen-bond donors (Lipinski definition) is 1. The third kappa shape index (κ3) is 2.84. The standard InChI is InChI=1S/C13H15BrN4O/c14-9-3-6-11(16-7-9)12-17-13(19-18-12)8-1-4-10(15)5-2-8/h3,6-8,10H,1-2,4-5,15H2. The van der Waals surface area contributed by atoms with Crippen molar-refractivity contribution in [3.63, 3.8) is 0 Å². The van der Waals surface area contributed by atoms with Crippen molar-refractivity contribution in [1.82, 2.24) is 15.1 Å².